The van der Waals surface area contributed by atoms with Gasteiger partial charge in [-0.05, 0) is 55.1 Å². The van der Waals surface area contributed by atoms with Crippen LogP contribution in [0.25, 0.3) is 11.5 Å². The van der Waals surface area contributed by atoms with Gasteiger partial charge in [0.2, 0.25) is 5.89 Å². The summed E-state index contributed by atoms with van der Waals surface area (Å²) in [6.45, 7) is 1.95. The Morgan fingerprint density at radius 1 is 1.04 bits per heavy atom. The smallest absolute Gasteiger partial charge is 0.403 e. The number of carbonyl (C=O) groups excluding carboxylic acids is 1. The Hall–Kier alpha value is -2.81. The lowest BCUT2D eigenvalue weighted by molar-refractivity contribution is -0.0328. The molecule has 26 heavy (non-hydrogen) atoms. The number of rotatable bonds is 4. The van der Waals surface area contributed by atoms with Crippen molar-refractivity contribution < 1.29 is 22.4 Å². The molecule has 0 spiro atoms. The maximum atomic E-state index is 12.3. The molecule has 134 valence electrons. The number of halogens is 3. The summed E-state index contributed by atoms with van der Waals surface area (Å²) in [4.78, 5) is 12.1. The van der Waals surface area contributed by atoms with Gasteiger partial charge in [-0.15, -0.1) is 5.10 Å². The van der Waals surface area contributed by atoms with Crippen LogP contribution in [-0.4, -0.2) is 21.6 Å². The maximum Gasteiger partial charge on any atom is 0.446 e. The minimum atomic E-state index is -4.38. The van der Waals surface area contributed by atoms with E-state index < -0.39 is 11.4 Å². The molecular weight excluding hydrogens is 367 g/mol. The number of hydrogen-bond acceptors (Lipinski definition) is 5. The van der Waals surface area contributed by atoms with Gasteiger partial charge in [0.1, 0.15) is 0 Å². The average Bonchev–Trinajstić information content (AvgIpc) is 3.03. The van der Waals surface area contributed by atoms with Crippen molar-refractivity contribution in [2.24, 2.45) is 0 Å². The molecule has 1 aromatic heterocycles. The number of benzene rings is 2. The number of thioether (sulfide) groups is 1. The van der Waals surface area contributed by atoms with Crippen LogP contribution in [0.4, 0.5) is 19.2 Å². The summed E-state index contributed by atoms with van der Waals surface area (Å²) in [6, 6.07) is 12.3. The first-order valence-electron chi connectivity index (χ1n) is 7.38. The van der Waals surface area contributed by atoms with Gasteiger partial charge in [0.15, 0.2) is 0 Å². The number of hydrogen-bond donors (Lipinski definition) is 1. The van der Waals surface area contributed by atoms with E-state index >= 15 is 0 Å². The molecule has 3 aromatic rings. The second-order valence-electron chi connectivity index (χ2n) is 5.30. The van der Waals surface area contributed by atoms with Crippen molar-refractivity contribution in [1.82, 2.24) is 10.2 Å². The van der Waals surface area contributed by atoms with Gasteiger partial charge in [-0.25, -0.2) is 0 Å². The minimum Gasteiger partial charge on any atom is -0.403 e. The van der Waals surface area contributed by atoms with Crippen LogP contribution in [0.2, 0.25) is 0 Å². The lowest BCUT2D eigenvalue weighted by Gasteiger charge is -2.06. The van der Waals surface area contributed by atoms with E-state index in [2.05, 4.69) is 15.5 Å². The SMILES string of the molecule is Cc1ccc(-c2nnc(NC(=O)c3ccc(SC(F)(F)F)cc3)o2)cc1. The normalized spacial score (nSPS) is 11.4. The van der Waals surface area contributed by atoms with E-state index in [1.54, 1.807) is 0 Å². The monoisotopic (exact) mass is 379 g/mol. The molecule has 0 aliphatic carbocycles. The van der Waals surface area contributed by atoms with Crippen LogP contribution in [0.5, 0.6) is 0 Å². The molecule has 5 nitrogen and oxygen atoms in total. The molecule has 0 aliphatic rings. The fourth-order valence-corrected chi connectivity index (χ4v) is 2.60. The lowest BCUT2D eigenvalue weighted by atomic mass is 10.1. The van der Waals surface area contributed by atoms with Crippen LogP contribution in [0.3, 0.4) is 0 Å². The molecule has 1 heterocycles. The Labute approximate surface area is 150 Å². The van der Waals surface area contributed by atoms with Crippen LogP contribution in [0, 0.1) is 6.92 Å². The van der Waals surface area contributed by atoms with E-state index in [1.165, 1.54) is 24.3 Å². The molecular formula is C17H12F3N3O2S. The molecule has 0 fully saturated rings. The minimum absolute atomic E-state index is 0.00602. The highest BCUT2D eigenvalue weighted by Gasteiger charge is 2.29. The van der Waals surface area contributed by atoms with Crippen molar-refractivity contribution in [2.75, 3.05) is 5.32 Å². The highest BCUT2D eigenvalue weighted by molar-refractivity contribution is 8.00. The summed E-state index contributed by atoms with van der Waals surface area (Å²) in [5.74, 6) is -0.315. The summed E-state index contributed by atoms with van der Waals surface area (Å²) < 4.78 is 42.3. The maximum absolute atomic E-state index is 12.3. The highest BCUT2D eigenvalue weighted by Crippen LogP contribution is 2.36. The predicted molar refractivity (Wildman–Crippen MR) is 90.8 cm³/mol. The van der Waals surface area contributed by atoms with Crippen molar-refractivity contribution in [1.29, 1.82) is 0 Å². The summed E-state index contributed by atoms with van der Waals surface area (Å²) in [5, 5.41) is 10.0. The molecule has 0 saturated carbocycles. The molecule has 1 amide bonds. The van der Waals surface area contributed by atoms with E-state index in [4.69, 9.17) is 4.42 Å². The standard InChI is InChI=1S/C17H12F3N3O2S/c1-10-2-4-12(5-3-10)15-22-23-16(25-15)21-14(24)11-6-8-13(9-7-11)26-17(18,19)20/h2-9H,1H3,(H,21,23,24). The fraction of sp³-hybridized carbons (Fsp3) is 0.118. The summed E-state index contributed by atoms with van der Waals surface area (Å²) in [7, 11) is 0. The molecule has 0 aliphatic heterocycles. The first kappa shape index (κ1) is 18.0. The van der Waals surface area contributed by atoms with Crippen LogP contribution < -0.4 is 5.32 Å². The van der Waals surface area contributed by atoms with Crippen molar-refractivity contribution in [2.45, 2.75) is 17.3 Å². The second-order valence-corrected chi connectivity index (χ2v) is 6.44. The van der Waals surface area contributed by atoms with E-state index in [-0.39, 0.29) is 34.1 Å². The molecule has 3 rings (SSSR count). The molecule has 0 bridgehead atoms. The third-order valence-electron chi connectivity index (χ3n) is 3.29. The number of aryl methyl sites for hydroxylation is 1. The molecule has 0 unspecified atom stereocenters. The predicted octanol–water partition coefficient (Wildman–Crippen LogP) is 4.91. The van der Waals surface area contributed by atoms with E-state index in [9.17, 15) is 18.0 Å². The van der Waals surface area contributed by atoms with E-state index in [1.807, 2.05) is 31.2 Å². The number of aromatic nitrogens is 2. The van der Waals surface area contributed by atoms with Gasteiger partial charge >= 0.3 is 11.5 Å². The van der Waals surface area contributed by atoms with Crippen molar-refractivity contribution in [3.63, 3.8) is 0 Å². The van der Waals surface area contributed by atoms with Crippen LogP contribution in [-0.2, 0) is 0 Å². The molecule has 9 heteroatoms. The van der Waals surface area contributed by atoms with Gasteiger partial charge in [-0.1, -0.05) is 22.8 Å². The Morgan fingerprint density at radius 2 is 1.69 bits per heavy atom. The lowest BCUT2D eigenvalue weighted by Crippen LogP contribution is -2.12. The van der Waals surface area contributed by atoms with Crippen molar-refractivity contribution in [3.05, 3.63) is 59.7 Å². The fourth-order valence-electron chi connectivity index (χ4n) is 2.06. The number of alkyl halides is 3. The van der Waals surface area contributed by atoms with Gasteiger partial charge < -0.3 is 4.42 Å². The quantitative estimate of drug-likeness (QED) is 0.653. The van der Waals surface area contributed by atoms with Gasteiger partial charge in [-0.2, -0.15) is 13.2 Å². The van der Waals surface area contributed by atoms with Crippen molar-refractivity contribution >= 4 is 23.7 Å². The first-order valence-corrected chi connectivity index (χ1v) is 8.19. The zero-order valence-corrected chi connectivity index (χ0v) is 14.2. The van der Waals surface area contributed by atoms with Gasteiger partial charge in [-0.3, -0.25) is 10.1 Å². The van der Waals surface area contributed by atoms with Crippen LogP contribution in [0.1, 0.15) is 15.9 Å². The molecule has 1 N–H and O–H groups in total. The van der Waals surface area contributed by atoms with Gasteiger partial charge in [0.05, 0.1) is 0 Å². The zero-order chi connectivity index (χ0) is 18.7. The van der Waals surface area contributed by atoms with Crippen molar-refractivity contribution in [3.8, 4) is 11.5 Å². The average molecular weight is 379 g/mol. The molecule has 2 aromatic carbocycles. The summed E-state index contributed by atoms with van der Waals surface area (Å²) >= 11 is -0.246. The number of nitrogens with zero attached hydrogens (tertiary/aromatic N) is 2. The van der Waals surface area contributed by atoms with Crippen LogP contribution in [0.15, 0.2) is 57.8 Å². The highest BCUT2D eigenvalue weighted by atomic mass is 32.2. The number of anilines is 1. The molecule has 0 saturated heterocycles. The molecule has 0 atom stereocenters. The number of amides is 1. The summed E-state index contributed by atoms with van der Waals surface area (Å²) in [5.41, 5.74) is -2.42. The van der Waals surface area contributed by atoms with Gasteiger partial charge in [0.25, 0.3) is 5.91 Å². The first-order chi connectivity index (χ1) is 12.3. The Bertz CT molecular complexity index is 906. The van der Waals surface area contributed by atoms with Gasteiger partial charge in [0, 0.05) is 16.0 Å². The number of carbonyl (C=O) groups is 1. The zero-order valence-electron chi connectivity index (χ0n) is 13.4. The third-order valence-corrected chi connectivity index (χ3v) is 4.03. The Morgan fingerprint density at radius 3 is 2.31 bits per heavy atom. The summed E-state index contributed by atoms with van der Waals surface area (Å²) in [6.07, 6.45) is 0. The Kier molecular flexibility index (Phi) is 4.99. The van der Waals surface area contributed by atoms with E-state index in [0.717, 1.165) is 5.56 Å². The topological polar surface area (TPSA) is 68.0 Å². The second kappa shape index (κ2) is 7.20. The van der Waals surface area contributed by atoms with E-state index in [0.29, 0.717) is 5.56 Å². The molecule has 0 radical (unpaired) electrons. The third kappa shape index (κ3) is 4.63. The Balaban J connectivity index is 1.67. The largest absolute Gasteiger partial charge is 0.446 e. The van der Waals surface area contributed by atoms with Crippen LogP contribution >= 0.6 is 11.8 Å². The number of nitrogens with one attached hydrogen (secondary N) is 1.